The Balaban J connectivity index is 0.000000810. The Morgan fingerprint density at radius 3 is 2.20 bits per heavy atom. The van der Waals surface area contributed by atoms with Crippen LogP contribution in [0.3, 0.4) is 0 Å². The van der Waals surface area contributed by atoms with Crippen LogP contribution >= 0.6 is 17.0 Å². The van der Waals surface area contributed by atoms with Gasteiger partial charge in [0.15, 0.2) is 0 Å². The smallest absolute Gasteiger partial charge is 0.306 e. The van der Waals surface area contributed by atoms with Crippen molar-refractivity contribution in [2.24, 2.45) is 5.92 Å². The zero-order valence-corrected chi connectivity index (χ0v) is 7.29. The van der Waals surface area contributed by atoms with Gasteiger partial charge in [-0.3, -0.25) is 4.79 Å². The minimum absolute atomic E-state index is 0. The van der Waals surface area contributed by atoms with Crippen LogP contribution in [-0.4, -0.2) is 24.3 Å². The molecule has 0 unspecified atom stereocenters. The molecule has 0 atom stereocenters. The van der Waals surface area contributed by atoms with Crippen molar-refractivity contribution >= 4 is 23.0 Å². The zero-order chi connectivity index (χ0) is 6.69. The molecule has 0 aromatic carbocycles. The molecule has 0 radical (unpaired) electrons. The second-order valence-electron chi connectivity index (χ2n) is 2.22. The first kappa shape index (κ1) is 9.91. The van der Waals surface area contributed by atoms with E-state index in [9.17, 15) is 4.79 Å². The molecule has 0 amide bonds. The van der Waals surface area contributed by atoms with Crippen molar-refractivity contribution < 1.29 is 14.6 Å². The van der Waals surface area contributed by atoms with Crippen LogP contribution in [0, 0.1) is 5.92 Å². The fraction of sp³-hybridized carbons (Fsp3) is 0.833. The lowest BCUT2D eigenvalue weighted by molar-refractivity contribution is -0.144. The summed E-state index contributed by atoms with van der Waals surface area (Å²) in [4.78, 5) is 10.3. The van der Waals surface area contributed by atoms with E-state index in [0.29, 0.717) is 26.1 Å². The van der Waals surface area contributed by atoms with Crippen LogP contribution < -0.4 is 0 Å². The van der Waals surface area contributed by atoms with Gasteiger partial charge in [-0.1, -0.05) is 0 Å². The number of ether oxygens (including phenoxy) is 1. The molecule has 0 spiro atoms. The summed E-state index contributed by atoms with van der Waals surface area (Å²) < 4.78 is 4.99. The molecule has 1 heterocycles. The molecule has 10 heavy (non-hydrogen) atoms. The maximum atomic E-state index is 10.3. The SMILES string of the molecule is Br.O=C(O)C1CCOCC1. The number of carbonyl (C=O) groups is 1. The highest BCUT2D eigenvalue weighted by Crippen LogP contribution is 2.13. The van der Waals surface area contributed by atoms with E-state index < -0.39 is 5.97 Å². The summed E-state index contributed by atoms with van der Waals surface area (Å²) in [5.74, 6) is -0.836. The molecule has 0 aliphatic carbocycles. The van der Waals surface area contributed by atoms with E-state index >= 15 is 0 Å². The molecule has 4 heteroatoms. The summed E-state index contributed by atoms with van der Waals surface area (Å²) in [6.45, 7) is 1.22. The van der Waals surface area contributed by atoms with Crippen molar-refractivity contribution in [2.75, 3.05) is 13.2 Å². The van der Waals surface area contributed by atoms with Gasteiger partial charge in [-0.2, -0.15) is 0 Å². The van der Waals surface area contributed by atoms with Crippen LogP contribution in [0.15, 0.2) is 0 Å². The van der Waals surface area contributed by atoms with E-state index in [0.717, 1.165) is 0 Å². The molecule has 0 aromatic heterocycles. The lowest BCUT2D eigenvalue weighted by Crippen LogP contribution is -2.22. The lowest BCUT2D eigenvalue weighted by Gasteiger charge is -2.17. The van der Waals surface area contributed by atoms with Crippen molar-refractivity contribution in [3.05, 3.63) is 0 Å². The molecule has 1 N–H and O–H groups in total. The molecule has 1 rings (SSSR count). The number of carboxylic acids is 1. The molecular formula is C6H11BrO3. The maximum Gasteiger partial charge on any atom is 0.306 e. The van der Waals surface area contributed by atoms with Gasteiger partial charge in [0.25, 0.3) is 0 Å². The number of aliphatic carboxylic acids is 1. The molecular weight excluding hydrogens is 200 g/mol. The van der Waals surface area contributed by atoms with Gasteiger partial charge >= 0.3 is 5.97 Å². The Labute approximate surface area is 70.1 Å². The number of halogens is 1. The Morgan fingerprint density at radius 2 is 1.90 bits per heavy atom. The summed E-state index contributed by atoms with van der Waals surface area (Å²) >= 11 is 0. The maximum absolute atomic E-state index is 10.3. The molecule has 0 aromatic rings. The third-order valence-electron chi connectivity index (χ3n) is 1.57. The Kier molecular flexibility index (Phi) is 4.64. The summed E-state index contributed by atoms with van der Waals surface area (Å²) in [5.41, 5.74) is 0. The van der Waals surface area contributed by atoms with Gasteiger partial charge < -0.3 is 9.84 Å². The van der Waals surface area contributed by atoms with Gasteiger partial charge in [0, 0.05) is 13.2 Å². The third kappa shape index (κ3) is 2.66. The van der Waals surface area contributed by atoms with Crippen molar-refractivity contribution in [3.8, 4) is 0 Å². The average molecular weight is 211 g/mol. The first-order chi connectivity index (χ1) is 4.30. The normalized spacial score (nSPS) is 19.6. The Bertz CT molecular complexity index is 110. The fourth-order valence-electron chi connectivity index (χ4n) is 0.945. The fourth-order valence-corrected chi connectivity index (χ4v) is 0.945. The highest BCUT2D eigenvalue weighted by atomic mass is 79.9. The number of hydrogen-bond donors (Lipinski definition) is 1. The molecule has 3 nitrogen and oxygen atoms in total. The van der Waals surface area contributed by atoms with Crippen molar-refractivity contribution in [1.82, 2.24) is 0 Å². The minimum atomic E-state index is -0.682. The van der Waals surface area contributed by atoms with Crippen molar-refractivity contribution in [2.45, 2.75) is 12.8 Å². The van der Waals surface area contributed by atoms with E-state index in [2.05, 4.69) is 0 Å². The highest BCUT2D eigenvalue weighted by molar-refractivity contribution is 8.93. The monoisotopic (exact) mass is 210 g/mol. The highest BCUT2D eigenvalue weighted by Gasteiger charge is 2.19. The molecule has 1 fully saturated rings. The zero-order valence-electron chi connectivity index (χ0n) is 5.58. The van der Waals surface area contributed by atoms with Gasteiger partial charge in [0.05, 0.1) is 5.92 Å². The largest absolute Gasteiger partial charge is 0.481 e. The number of hydrogen-bond acceptors (Lipinski definition) is 2. The Hall–Kier alpha value is -0.0900. The quantitative estimate of drug-likeness (QED) is 0.705. The standard InChI is InChI=1S/C6H10O3.BrH/c7-6(8)5-1-3-9-4-2-5;/h5H,1-4H2,(H,7,8);1H. The van der Waals surface area contributed by atoms with E-state index in [1.165, 1.54) is 0 Å². The number of carboxylic acid groups (broad SMARTS) is 1. The van der Waals surface area contributed by atoms with E-state index in [1.807, 2.05) is 0 Å². The molecule has 1 aliphatic heterocycles. The summed E-state index contributed by atoms with van der Waals surface area (Å²) in [5, 5.41) is 8.48. The van der Waals surface area contributed by atoms with Gasteiger partial charge in [0.2, 0.25) is 0 Å². The topological polar surface area (TPSA) is 46.5 Å². The van der Waals surface area contributed by atoms with Crippen LogP contribution in [0.25, 0.3) is 0 Å². The first-order valence-corrected chi connectivity index (χ1v) is 3.11. The molecule has 1 aliphatic rings. The molecule has 1 saturated heterocycles. The van der Waals surface area contributed by atoms with Crippen LogP contribution in [-0.2, 0) is 9.53 Å². The first-order valence-electron chi connectivity index (χ1n) is 3.11. The predicted molar refractivity (Wildman–Crippen MR) is 41.5 cm³/mol. The second kappa shape index (κ2) is 4.68. The minimum Gasteiger partial charge on any atom is -0.481 e. The van der Waals surface area contributed by atoms with Crippen molar-refractivity contribution in [1.29, 1.82) is 0 Å². The van der Waals surface area contributed by atoms with E-state index in [-0.39, 0.29) is 22.9 Å². The van der Waals surface area contributed by atoms with E-state index in [1.54, 1.807) is 0 Å². The van der Waals surface area contributed by atoms with Gasteiger partial charge in [0.1, 0.15) is 0 Å². The Morgan fingerprint density at radius 1 is 1.40 bits per heavy atom. The second-order valence-corrected chi connectivity index (χ2v) is 2.22. The average Bonchev–Trinajstić information content (AvgIpc) is 1.90. The third-order valence-corrected chi connectivity index (χ3v) is 1.57. The van der Waals surface area contributed by atoms with Crippen LogP contribution in [0.4, 0.5) is 0 Å². The van der Waals surface area contributed by atoms with E-state index in [4.69, 9.17) is 9.84 Å². The molecule has 0 saturated carbocycles. The molecule has 0 bridgehead atoms. The van der Waals surface area contributed by atoms with Crippen LogP contribution in [0.5, 0.6) is 0 Å². The van der Waals surface area contributed by atoms with Crippen LogP contribution in [0.2, 0.25) is 0 Å². The van der Waals surface area contributed by atoms with Gasteiger partial charge in [-0.05, 0) is 12.8 Å². The summed E-state index contributed by atoms with van der Waals surface area (Å²) in [7, 11) is 0. The summed E-state index contributed by atoms with van der Waals surface area (Å²) in [6, 6.07) is 0. The van der Waals surface area contributed by atoms with Gasteiger partial charge in [-0.25, -0.2) is 0 Å². The van der Waals surface area contributed by atoms with Gasteiger partial charge in [-0.15, -0.1) is 17.0 Å². The lowest BCUT2D eigenvalue weighted by atomic mass is 10.0. The summed E-state index contributed by atoms with van der Waals surface area (Å²) in [6.07, 6.45) is 1.35. The number of rotatable bonds is 1. The molecule has 60 valence electrons. The van der Waals surface area contributed by atoms with Crippen molar-refractivity contribution in [3.63, 3.8) is 0 Å². The van der Waals surface area contributed by atoms with Crippen LogP contribution in [0.1, 0.15) is 12.8 Å². The predicted octanol–water partition coefficient (Wildman–Crippen LogP) is 1.08.